The highest BCUT2D eigenvalue weighted by Gasteiger charge is 2.40. The maximum atomic E-state index is 6.70. The molecular formula is C14H27N. The summed E-state index contributed by atoms with van der Waals surface area (Å²) >= 11 is 0. The summed E-state index contributed by atoms with van der Waals surface area (Å²) in [6.45, 7) is 2.36. The summed E-state index contributed by atoms with van der Waals surface area (Å²) in [6.07, 6.45) is 13.9. The van der Waals surface area contributed by atoms with E-state index in [9.17, 15) is 0 Å². The predicted octanol–water partition coefficient (Wildman–Crippen LogP) is 3.86. The van der Waals surface area contributed by atoms with Gasteiger partial charge >= 0.3 is 0 Å². The van der Waals surface area contributed by atoms with Crippen molar-refractivity contribution in [2.75, 3.05) is 0 Å². The van der Waals surface area contributed by atoms with Crippen LogP contribution in [0, 0.1) is 11.8 Å². The SMILES string of the molecule is CCC1CCCCC1C1(N)CCCCC1. The first-order valence-electron chi connectivity index (χ1n) is 7.05. The fraction of sp³-hybridized carbons (Fsp3) is 1.00. The van der Waals surface area contributed by atoms with E-state index in [-0.39, 0.29) is 5.54 Å². The van der Waals surface area contributed by atoms with Crippen molar-refractivity contribution in [2.24, 2.45) is 17.6 Å². The van der Waals surface area contributed by atoms with Crippen molar-refractivity contribution in [3.63, 3.8) is 0 Å². The van der Waals surface area contributed by atoms with Crippen LogP contribution in [0.4, 0.5) is 0 Å². The van der Waals surface area contributed by atoms with Gasteiger partial charge in [-0.25, -0.2) is 0 Å². The van der Waals surface area contributed by atoms with E-state index in [0.29, 0.717) is 0 Å². The van der Waals surface area contributed by atoms with Crippen LogP contribution < -0.4 is 5.73 Å². The minimum absolute atomic E-state index is 0.222. The molecule has 2 saturated carbocycles. The van der Waals surface area contributed by atoms with Crippen molar-refractivity contribution >= 4 is 0 Å². The van der Waals surface area contributed by atoms with Crippen LogP contribution in [0.15, 0.2) is 0 Å². The molecule has 0 aromatic heterocycles. The van der Waals surface area contributed by atoms with Gasteiger partial charge in [-0.1, -0.05) is 51.9 Å². The molecule has 2 aliphatic rings. The van der Waals surface area contributed by atoms with Gasteiger partial charge < -0.3 is 5.73 Å². The monoisotopic (exact) mass is 209 g/mol. The fourth-order valence-electron chi connectivity index (χ4n) is 4.03. The van der Waals surface area contributed by atoms with Gasteiger partial charge in [-0.05, 0) is 31.1 Å². The van der Waals surface area contributed by atoms with Crippen molar-refractivity contribution in [3.05, 3.63) is 0 Å². The second kappa shape index (κ2) is 4.86. The lowest BCUT2D eigenvalue weighted by Crippen LogP contribution is -2.52. The van der Waals surface area contributed by atoms with Crippen LogP contribution in [0.2, 0.25) is 0 Å². The zero-order valence-corrected chi connectivity index (χ0v) is 10.3. The molecule has 0 aromatic rings. The number of nitrogens with two attached hydrogens (primary N) is 1. The lowest BCUT2D eigenvalue weighted by atomic mass is 9.63. The second-order valence-corrected chi connectivity index (χ2v) is 5.85. The Morgan fingerprint density at radius 1 is 1.00 bits per heavy atom. The van der Waals surface area contributed by atoms with Crippen molar-refractivity contribution in [1.82, 2.24) is 0 Å². The van der Waals surface area contributed by atoms with Crippen LogP contribution in [0.1, 0.15) is 71.1 Å². The van der Waals surface area contributed by atoms with E-state index in [1.165, 1.54) is 64.2 Å². The lowest BCUT2D eigenvalue weighted by molar-refractivity contribution is 0.0953. The zero-order valence-electron chi connectivity index (χ0n) is 10.3. The molecular weight excluding hydrogens is 182 g/mol. The highest BCUT2D eigenvalue weighted by atomic mass is 14.8. The van der Waals surface area contributed by atoms with Crippen LogP contribution in [-0.2, 0) is 0 Å². The molecule has 0 spiro atoms. The Labute approximate surface area is 94.8 Å². The van der Waals surface area contributed by atoms with Crippen molar-refractivity contribution < 1.29 is 0 Å². The molecule has 0 heterocycles. The summed E-state index contributed by atoms with van der Waals surface area (Å²) in [5, 5.41) is 0. The van der Waals surface area contributed by atoms with Gasteiger partial charge in [0.15, 0.2) is 0 Å². The smallest absolute Gasteiger partial charge is 0.0185 e. The third-order valence-electron chi connectivity index (χ3n) is 4.96. The van der Waals surface area contributed by atoms with Crippen LogP contribution in [0.25, 0.3) is 0 Å². The van der Waals surface area contributed by atoms with Crippen molar-refractivity contribution in [2.45, 2.75) is 76.7 Å². The minimum Gasteiger partial charge on any atom is -0.325 e. The van der Waals surface area contributed by atoms with Crippen LogP contribution >= 0.6 is 0 Å². The summed E-state index contributed by atoms with van der Waals surface area (Å²) in [6, 6.07) is 0. The highest BCUT2D eigenvalue weighted by molar-refractivity contribution is 4.97. The zero-order chi connectivity index (χ0) is 10.7. The average molecular weight is 209 g/mol. The Bertz CT molecular complexity index is 194. The van der Waals surface area contributed by atoms with E-state index in [0.717, 1.165) is 11.8 Å². The Morgan fingerprint density at radius 3 is 2.33 bits per heavy atom. The van der Waals surface area contributed by atoms with E-state index in [2.05, 4.69) is 6.92 Å². The summed E-state index contributed by atoms with van der Waals surface area (Å²) < 4.78 is 0. The summed E-state index contributed by atoms with van der Waals surface area (Å²) in [4.78, 5) is 0. The molecule has 0 saturated heterocycles. The van der Waals surface area contributed by atoms with Gasteiger partial charge in [0, 0.05) is 5.54 Å². The highest BCUT2D eigenvalue weighted by Crippen LogP contribution is 2.43. The van der Waals surface area contributed by atoms with E-state index >= 15 is 0 Å². The van der Waals surface area contributed by atoms with Crippen molar-refractivity contribution in [1.29, 1.82) is 0 Å². The lowest BCUT2D eigenvalue weighted by Gasteiger charge is -2.46. The maximum absolute atomic E-state index is 6.70. The molecule has 2 aliphatic carbocycles. The molecule has 1 heteroatoms. The number of hydrogen-bond donors (Lipinski definition) is 1. The Hall–Kier alpha value is -0.0400. The first kappa shape index (κ1) is 11.4. The summed E-state index contributed by atoms with van der Waals surface area (Å²) in [5.74, 6) is 1.78. The van der Waals surface area contributed by atoms with Crippen LogP contribution in [0.5, 0.6) is 0 Å². The van der Waals surface area contributed by atoms with E-state index in [4.69, 9.17) is 5.73 Å². The molecule has 0 amide bonds. The average Bonchev–Trinajstić information content (AvgIpc) is 2.30. The molecule has 0 aliphatic heterocycles. The van der Waals surface area contributed by atoms with Gasteiger partial charge in [0.1, 0.15) is 0 Å². The quantitative estimate of drug-likeness (QED) is 0.734. The Kier molecular flexibility index (Phi) is 3.71. The van der Waals surface area contributed by atoms with E-state index in [1.54, 1.807) is 0 Å². The predicted molar refractivity (Wildman–Crippen MR) is 65.7 cm³/mol. The first-order chi connectivity index (χ1) is 7.26. The van der Waals surface area contributed by atoms with Gasteiger partial charge in [0.05, 0.1) is 0 Å². The third-order valence-corrected chi connectivity index (χ3v) is 4.96. The topological polar surface area (TPSA) is 26.0 Å². The van der Waals surface area contributed by atoms with Gasteiger partial charge in [0.25, 0.3) is 0 Å². The molecule has 88 valence electrons. The molecule has 0 radical (unpaired) electrons. The first-order valence-corrected chi connectivity index (χ1v) is 7.05. The standard InChI is InChI=1S/C14H27N/c1-2-12-8-4-5-9-13(12)14(15)10-6-3-7-11-14/h12-13H,2-11,15H2,1H3. The van der Waals surface area contributed by atoms with Crippen molar-refractivity contribution in [3.8, 4) is 0 Å². The molecule has 15 heavy (non-hydrogen) atoms. The Balaban J connectivity index is 2.04. The third kappa shape index (κ3) is 2.38. The molecule has 1 nitrogen and oxygen atoms in total. The van der Waals surface area contributed by atoms with Gasteiger partial charge in [-0.3, -0.25) is 0 Å². The fourth-order valence-corrected chi connectivity index (χ4v) is 4.03. The van der Waals surface area contributed by atoms with Gasteiger partial charge in [0.2, 0.25) is 0 Å². The molecule has 0 aromatic carbocycles. The van der Waals surface area contributed by atoms with E-state index < -0.39 is 0 Å². The number of rotatable bonds is 2. The molecule has 2 rings (SSSR count). The van der Waals surface area contributed by atoms with Crippen LogP contribution in [-0.4, -0.2) is 5.54 Å². The largest absolute Gasteiger partial charge is 0.325 e. The number of hydrogen-bond acceptors (Lipinski definition) is 1. The molecule has 2 fully saturated rings. The van der Waals surface area contributed by atoms with Gasteiger partial charge in [-0.2, -0.15) is 0 Å². The van der Waals surface area contributed by atoms with Gasteiger partial charge in [-0.15, -0.1) is 0 Å². The molecule has 2 unspecified atom stereocenters. The maximum Gasteiger partial charge on any atom is 0.0185 e. The summed E-state index contributed by atoms with van der Waals surface area (Å²) in [5.41, 5.74) is 6.92. The Morgan fingerprint density at radius 2 is 1.67 bits per heavy atom. The van der Waals surface area contributed by atoms with Crippen LogP contribution in [0.3, 0.4) is 0 Å². The normalized spacial score (nSPS) is 36.4. The molecule has 0 bridgehead atoms. The summed E-state index contributed by atoms with van der Waals surface area (Å²) in [7, 11) is 0. The molecule has 2 atom stereocenters. The van der Waals surface area contributed by atoms with E-state index in [1.807, 2.05) is 0 Å². The minimum atomic E-state index is 0.222. The second-order valence-electron chi connectivity index (χ2n) is 5.85. The molecule has 2 N–H and O–H groups in total.